The molecule has 9 heteroatoms. The first-order valence-electron chi connectivity index (χ1n) is 8.96. The second-order valence-electron chi connectivity index (χ2n) is 6.84. The Morgan fingerprint density at radius 1 is 1.25 bits per heavy atom. The molecule has 0 radical (unpaired) electrons. The minimum atomic E-state index is -1.79. The molecule has 9 nitrogen and oxygen atoms in total. The molecular formula is C19H23NO8. The minimum Gasteiger partial charge on any atom is -0.466 e. The molecule has 0 aliphatic heterocycles. The minimum absolute atomic E-state index is 0.0186. The van der Waals surface area contributed by atoms with E-state index in [0.717, 1.165) is 0 Å². The van der Waals surface area contributed by atoms with Crippen molar-refractivity contribution in [1.82, 2.24) is 0 Å². The molecule has 152 valence electrons. The smallest absolute Gasteiger partial charge is 0.317 e. The van der Waals surface area contributed by atoms with Crippen LogP contribution in [0, 0.1) is 22.0 Å². The van der Waals surface area contributed by atoms with Gasteiger partial charge in [0.1, 0.15) is 5.92 Å². The number of carbonyl (C=O) groups is 3. The molecule has 1 aliphatic rings. The van der Waals surface area contributed by atoms with Crippen LogP contribution in [0.4, 0.5) is 5.69 Å². The number of ketones is 1. The van der Waals surface area contributed by atoms with Crippen molar-refractivity contribution in [2.45, 2.75) is 38.7 Å². The van der Waals surface area contributed by atoms with Crippen LogP contribution in [0.2, 0.25) is 0 Å². The average molecular weight is 393 g/mol. The van der Waals surface area contributed by atoms with Gasteiger partial charge in [-0.15, -0.1) is 0 Å². The van der Waals surface area contributed by atoms with Crippen molar-refractivity contribution >= 4 is 23.4 Å². The lowest BCUT2D eigenvalue weighted by Crippen LogP contribution is -2.55. The van der Waals surface area contributed by atoms with Gasteiger partial charge >= 0.3 is 11.9 Å². The number of nitro groups is 1. The molecule has 0 spiro atoms. The molecular weight excluding hydrogens is 370 g/mol. The standard InChI is InChI=1S/C19H23NO8/c1-4-27-17(22)15-13(21)10-19(3,24)16(18(23)28-5-2)14(15)11-7-6-8-12(9-11)20(25)26/h6-9,14-16,24H,4-5,10H2,1-3H3/t14-,15+,16+,19-/m1/s1. The molecule has 0 bridgehead atoms. The van der Waals surface area contributed by atoms with Gasteiger partial charge in [0.2, 0.25) is 0 Å². The summed E-state index contributed by atoms with van der Waals surface area (Å²) in [7, 11) is 0. The molecule has 0 saturated heterocycles. The van der Waals surface area contributed by atoms with Crippen molar-refractivity contribution in [1.29, 1.82) is 0 Å². The highest BCUT2D eigenvalue weighted by Crippen LogP contribution is 2.47. The van der Waals surface area contributed by atoms with Crippen LogP contribution in [-0.4, -0.2) is 46.6 Å². The summed E-state index contributed by atoms with van der Waals surface area (Å²) < 4.78 is 10.1. The number of rotatable bonds is 6. The van der Waals surface area contributed by atoms with Crippen LogP contribution in [0.1, 0.15) is 38.7 Å². The van der Waals surface area contributed by atoms with Crippen LogP contribution in [0.3, 0.4) is 0 Å². The van der Waals surface area contributed by atoms with E-state index in [2.05, 4.69) is 0 Å². The highest BCUT2D eigenvalue weighted by molar-refractivity contribution is 6.02. The van der Waals surface area contributed by atoms with Crippen molar-refractivity contribution in [3.63, 3.8) is 0 Å². The van der Waals surface area contributed by atoms with Crippen molar-refractivity contribution < 1.29 is 33.9 Å². The summed E-state index contributed by atoms with van der Waals surface area (Å²) in [4.78, 5) is 48.5. The van der Waals surface area contributed by atoms with Gasteiger partial charge < -0.3 is 14.6 Å². The topological polar surface area (TPSA) is 133 Å². The number of ether oxygens (including phenoxy) is 2. The van der Waals surface area contributed by atoms with E-state index in [1.165, 1.54) is 31.2 Å². The number of nitro benzene ring substituents is 1. The Morgan fingerprint density at radius 2 is 1.86 bits per heavy atom. The van der Waals surface area contributed by atoms with Gasteiger partial charge in [0.15, 0.2) is 5.78 Å². The third-order valence-corrected chi connectivity index (χ3v) is 4.81. The lowest BCUT2D eigenvalue weighted by molar-refractivity contribution is -0.385. The number of aliphatic hydroxyl groups is 1. The molecule has 4 atom stereocenters. The molecule has 0 unspecified atom stereocenters. The predicted octanol–water partition coefficient (Wildman–Crippen LogP) is 1.76. The van der Waals surface area contributed by atoms with Gasteiger partial charge in [-0.3, -0.25) is 24.5 Å². The molecule has 0 aromatic heterocycles. The molecule has 1 N–H and O–H groups in total. The highest BCUT2D eigenvalue weighted by Gasteiger charge is 2.57. The molecule has 28 heavy (non-hydrogen) atoms. The summed E-state index contributed by atoms with van der Waals surface area (Å²) in [5.41, 5.74) is -1.85. The van der Waals surface area contributed by atoms with Gasteiger partial charge in [0.05, 0.1) is 29.7 Å². The molecule has 1 saturated carbocycles. The number of nitrogens with zero attached hydrogens (tertiary/aromatic N) is 1. The Balaban J connectivity index is 2.67. The molecule has 1 aromatic rings. The summed E-state index contributed by atoms with van der Waals surface area (Å²) in [6.45, 7) is 4.53. The quantitative estimate of drug-likeness (QED) is 0.334. The lowest BCUT2D eigenvalue weighted by Gasteiger charge is -2.43. The van der Waals surface area contributed by atoms with Crippen LogP contribution in [0.5, 0.6) is 0 Å². The van der Waals surface area contributed by atoms with Crippen LogP contribution in [0.25, 0.3) is 0 Å². The van der Waals surface area contributed by atoms with Gasteiger partial charge in [0.25, 0.3) is 5.69 Å². The summed E-state index contributed by atoms with van der Waals surface area (Å²) >= 11 is 0. The normalized spacial score (nSPS) is 27.1. The van der Waals surface area contributed by atoms with Crippen LogP contribution in [-0.2, 0) is 23.9 Å². The van der Waals surface area contributed by atoms with Crippen LogP contribution >= 0.6 is 0 Å². The van der Waals surface area contributed by atoms with Gasteiger partial charge in [-0.05, 0) is 26.3 Å². The maximum absolute atomic E-state index is 12.7. The van der Waals surface area contributed by atoms with Crippen LogP contribution in [0.15, 0.2) is 24.3 Å². The van der Waals surface area contributed by atoms with E-state index < -0.39 is 52.4 Å². The van der Waals surface area contributed by atoms with Crippen molar-refractivity contribution in [3.05, 3.63) is 39.9 Å². The predicted molar refractivity (Wildman–Crippen MR) is 96.3 cm³/mol. The van der Waals surface area contributed by atoms with E-state index in [-0.39, 0.29) is 24.5 Å². The third-order valence-electron chi connectivity index (χ3n) is 4.81. The zero-order chi connectivity index (χ0) is 21.1. The zero-order valence-electron chi connectivity index (χ0n) is 15.9. The van der Waals surface area contributed by atoms with Crippen molar-refractivity contribution in [2.75, 3.05) is 13.2 Å². The molecule has 0 heterocycles. The van der Waals surface area contributed by atoms with E-state index in [0.29, 0.717) is 0 Å². The maximum atomic E-state index is 12.7. The number of benzene rings is 1. The highest BCUT2D eigenvalue weighted by atomic mass is 16.6. The fraction of sp³-hybridized carbons (Fsp3) is 0.526. The molecule has 2 rings (SSSR count). The monoisotopic (exact) mass is 393 g/mol. The first kappa shape index (κ1) is 21.5. The van der Waals surface area contributed by atoms with Gasteiger partial charge in [-0.2, -0.15) is 0 Å². The first-order chi connectivity index (χ1) is 13.1. The van der Waals surface area contributed by atoms with Crippen molar-refractivity contribution in [3.8, 4) is 0 Å². The average Bonchev–Trinajstić information content (AvgIpc) is 2.60. The zero-order valence-corrected chi connectivity index (χ0v) is 15.9. The molecule has 1 fully saturated rings. The fourth-order valence-corrected chi connectivity index (χ4v) is 3.73. The largest absolute Gasteiger partial charge is 0.466 e. The number of hydrogen-bond donors (Lipinski definition) is 1. The first-order valence-corrected chi connectivity index (χ1v) is 8.96. The number of non-ortho nitro benzene ring substituents is 1. The SMILES string of the molecule is CCOC(=O)[C@H]1C(=O)C[C@@](C)(O)[C@H](C(=O)OCC)[C@@H]1c1cccc([N+](=O)[O-])c1. The Kier molecular flexibility index (Phi) is 6.50. The third kappa shape index (κ3) is 4.19. The number of esters is 2. The van der Waals surface area contributed by atoms with Crippen LogP contribution < -0.4 is 0 Å². The Hall–Kier alpha value is -2.81. The summed E-state index contributed by atoms with van der Waals surface area (Å²) in [5.74, 6) is -6.03. The molecule has 0 amide bonds. The summed E-state index contributed by atoms with van der Waals surface area (Å²) in [6.07, 6.45) is -0.439. The maximum Gasteiger partial charge on any atom is 0.317 e. The summed E-state index contributed by atoms with van der Waals surface area (Å²) in [6, 6.07) is 5.32. The van der Waals surface area contributed by atoms with Gasteiger partial charge in [-0.25, -0.2) is 0 Å². The Bertz CT molecular complexity index is 788. The second kappa shape index (κ2) is 8.47. The number of Topliss-reactive ketones (excluding diaryl/α,β-unsaturated/α-hetero) is 1. The van der Waals surface area contributed by atoms with E-state index in [1.54, 1.807) is 13.8 Å². The van der Waals surface area contributed by atoms with Gasteiger partial charge in [-0.1, -0.05) is 12.1 Å². The number of carbonyl (C=O) groups excluding carboxylic acids is 3. The number of hydrogen-bond acceptors (Lipinski definition) is 8. The Morgan fingerprint density at radius 3 is 2.43 bits per heavy atom. The fourth-order valence-electron chi connectivity index (χ4n) is 3.73. The lowest BCUT2D eigenvalue weighted by atomic mass is 9.61. The van der Waals surface area contributed by atoms with E-state index in [1.807, 2.05) is 0 Å². The van der Waals surface area contributed by atoms with Crippen molar-refractivity contribution in [2.24, 2.45) is 11.8 Å². The molecule has 1 aromatic carbocycles. The Labute approximate surface area is 161 Å². The van der Waals surface area contributed by atoms with E-state index >= 15 is 0 Å². The molecule has 1 aliphatic carbocycles. The summed E-state index contributed by atoms with van der Waals surface area (Å²) in [5, 5.41) is 22.0. The van der Waals surface area contributed by atoms with E-state index in [9.17, 15) is 29.6 Å². The second-order valence-corrected chi connectivity index (χ2v) is 6.84. The van der Waals surface area contributed by atoms with Gasteiger partial charge in [0, 0.05) is 24.5 Å². The van der Waals surface area contributed by atoms with E-state index in [4.69, 9.17) is 9.47 Å².